The number of likely N-dealkylation sites (N-methyl/N-ethyl adjacent to an activating group) is 1. The van der Waals surface area contributed by atoms with E-state index in [1.807, 2.05) is 37.4 Å². The molecule has 0 spiro atoms. The Morgan fingerprint density at radius 2 is 1.84 bits per heavy atom. The van der Waals surface area contributed by atoms with Gasteiger partial charge in [-0.2, -0.15) is 15.8 Å². The van der Waals surface area contributed by atoms with E-state index in [1.54, 1.807) is 0 Å². The van der Waals surface area contributed by atoms with E-state index in [-0.39, 0.29) is 17.2 Å². The maximum atomic E-state index is 9.93. The highest BCUT2D eigenvalue weighted by atomic mass is 79.9. The van der Waals surface area contributed by atoms with E-state index in [9.17, 15) is 15.8 Å². The summed E-state index contributed by atoms with van der Waals surface area (Å²) in [6, 6.07) is 14.0. The Labute approximate surface area is 155 Å². The standard InChI is InChI=1S/C19H16BrN5/c1-25-7-6-14-15(8-21)18(24)19(10-22,11-23)17(16(14)9-25)12-2-4-13(20)5-3-12/h2-6,16-17H,7,9,24H2,1H3/t16-,17+/m0/s1. The molecule has 3 rings (SSSR count). The zero-order valence-electron chi connectivity index (χ0n) is 13.7. The summed E-state index contributed by atoms with van der Waals surface area (Å²) in [5, 5.41) is 29.5. The third-order valence-corrected chi connectivity index (χ3v) is 5.60. The number of nitrogens with zero attached hydrogens (tertiary/aromatic N) is 4. The molecule has 2 aliphatic rings. The summed E-state index contributed by atoms with van der Waals surface area (Å²) in [5.41, 5.74) is 6.76. The molecule has 2 N–H and O–H groups in total. The molecule has 5 nitrogen and oxygen atoms in total. The molecule has 1 aliphatic carbocycles. The maximum Gasteiger partial charge on any atom is 0.191 e. The molecule has 25 heavy (non-hydrogen) atoms. The van der Waals surface area contributed by atoms with Crippen LogP contribution in [0.1, 0.15) is 11.5 Å². The Balaban J connectivity index is 2.32. The number of rotatable bonds is 1. The van der Waals surface area contributed by atoms with Gasteiger partial charge in [-0.05, 0) is 30.3 Å². The van der Waals surface area contributed by atoms with Crippen molar-refractivity contribution < 1.29 is 0 Å². The number of nitrogens with two attached hydrogens (primary N) is 1. The third kappa shape index (κ3) is 2.53. The fourth-order valence-corrected chi connectivity index (χ4v) is 4.13. The zero-order valence-corrected chi connectivity index (χ0v) is 15.3. The molecule has 0 aromatic heterocycles. The monoisotopic (exact) mass is 393 g/mol. The van der Waals surface area contributed by atoms with Crippen molar-refractivity contribution in [2.45, 2.75) is 5.92 Å². The van der Waals surface area contributed by atoms with Crippen molar-refractivity contribution in [1.29, 1.82) is 15.8 Å². The average molecular weight is 394 g/mol. The van der Waals surface area contributed by atoms with E-state index in [2.05, 4.69) is 39.0 Å². The zero-order chi connectivity index (χ0) is 18.2. The van der Waals surface area contributed by atoms with Crippen LogP contribution in [0.3, 0.4) is 0 Å². The van der Waals surface area contributed by atoms with Crippen LogP contribution in [-0.2, 0) is 0 Å². The highest BCUT2D eigenvalue weighted by Crippen LogP contribution is 2.54. The van der Waals surface area contributed by atoms with Gasteiger partial charge >= 0.3 is 0 Å². The van der Waals surface area contributed by atoms with Crippen molar-refractivity contribution in [1.82, 2.24) is 4.90 Å². The van der Waals surface area contributed by atoms with Crippen LogP contribution in [0.5, 0.6) is 0 Å². The summed E-state index contributed by atoms with van der Waals surface area (Å²) in [7, 11) is 1.99. The predicted molar refractivity (Wildman–Crippen MR) is 96.4 cm³/mol. The van der Waals surface area contributed by atoms with Gasteiger partial charge in [-0.15, -0.1) is 0 Å². The van der Waals surface area contributed by atoms with Crippen LogP contribution in [0.2, 0.25) is 0 Å². The second-order valence-corrected chi connectivity index (χ2v) is 7.36. The number of fused-ring (bicyclic) bond motifs is 1. The first-order valence-electron chi connectivity index (χ1n) is 7.85. The number of nitriles is 3. The van der Waals surface area contributed by atoms with Crippen LogP contribution in [-0.4, -0.2) is 25.0 Å². The van der Waals surface area contributed by atoms with Gasteiger partial charge in [0.2, 0.25) is 0 Å². The molecule has 0 bridgehead atoms. The summed E-state index contributed by atoms with van der Waals surface area (Å²) in [5.74, 6) is -0.567. The third-order valence-electron chi connectivity index (χ3n) is 5.08. The Hall–Kier alpha value is -2.59. The molecule has 1 aliphatic heterocycles. The molecule has 1 aromatic rings. The van der Waals surface area contributed by atoms with Gasteiger partial charge < -0.3 is 10.6 Å². The molecule has 0 amide bonds. The fourth-order valence-electron chi connectivity index (χ4n) is 3.87. The minimum Gasteiger partial charge on any atom is -0.399 e. The van der Waals surface area contributed by atoms with Gasteiger partial charge in [0.25, 0.3) is 0 Å². The van der Waals surface area contributed by atoms with E-state index < -0.39 is 11.3 Å². The van der Waals surface area contributed by atoms with Crippen molar-refractivity contribution in [3.05, 3.63) is 57.2 Å². The van der Waals surface area contributed by atoms with Gasteiger partial charge in [0, 0.05) is 29.4 Å². The topological polar surface area (TPSA) is 101 Å². The lowest BCUT2D eigenvalue weighted by atomic mass is 9.58. The van der Waals surface area contributed by atoms with E-state index in [0.29, 0.717) is 13.1 Å². The molecule has 6 heteroatoms. The van der Waals surface area contributed by atoms with Gasteiger partial charge in [0.15, 0.2) is 5.41 Å². The molecule has 0 saturated carbocycles. The first-order valence-corrected chi connectivity index (χ1v) is 8.65. The lowest BCUT2D eigenvalue weighted by Crippen LogP contribution is -2.47. The summed E-state index contributed by atoms with van der Waals surface area (Å²) in [6.45, 7) is 1.37. The number of benzene rings is 1. The second kappa shape index (κ2) is 6.37. The lowest BCUT2D eigenvalue weighted by molar-refractivity contribution is 0.237. The lowest BCUT2D eigenvalue weighted by Gasteiger charge is -2.45. The molecule has 0 unspecified atom stereocenters. The van der Waals surface area contributed by atoms with Crippen LogP contribution in [0.25, 0.3) is 0 Å². The smallest absolute Gasteiger partial charge is 0.191 e. The molecule has 0 fully saturated rings. The molecule has 124 valence electrons. The van der Waals surface area contributed by atoms with Crippen molar-refractivity contribution in [2.75, 3.05) is 20.1 Å². The predicted octanol–water partition coefficient (Wildman–Crippen LogP) is 2.80. The van der Waals surface area contributed by atoms with Crippen molar-refractivity contribution in [2.24, 2.45) is 17.1 Å². The highest BCUT2D eigenvalue weighted by molar-refractivity contribution is 9.10. The Morgan fingerprint density at radius 1 is 1.20 bits per heavy atom. The molecule has 0 saturated heterocycles. The molecular formula is C19H16BrN5. The van der Waals surface area contributed by atoms with Crippen LogP contribution in [0, 0.1) is 45.3 Å². The van der Waals surface area contributed by atoms with Crippen LogP contribution in [0.15, 0.2) is 51.7 Å². The molecule has 1 heterocycles. The largest absolute Gasteiger partial charge is 0.399 e. The van der Waals surface area contributed by atoms with Crippen molar-refractivity contribution in [3.8, 4) is 18.2 Å². The summed E-state index contributed by atoms with van der Waals surface area (Å²) in [4.78, 5) is 2.12. The Bertz CT molecular complexity index is 878. The SMILES string of the molecule is CN1CC=C2C(C#N)=C(N)C(C#N)(C#N)[C@H](c3ccc(Br)cc3)[C@H]2C1. The Morgan fingerprint density at radius 3 is 2.40 bits per heavy atom. The second-order valence-electron chi connectivity index (χ2n) is 6.45. The van der Waals surface area contributed by atoms with Crippen LogP contribution in [0.4, 0.5) is 0 Å². The Kier molecular flexibility index (Phi) is 4.39. The molecule has 2 atom stereocenters. The first-order chi connectivity index (χ1) is 12.0. The minimum atomic E-state index is -1.56. The van der Waals surface area contributed by atoms with Crippen molar-refractivity contribution >= 4 is 15.9 Å². The molecule has 1 aromatic carbocycles. The van der Waals surface area contributed by atoms with E-state index in [0.717, 1.165) is 15.6 Å². The van der Waals surface area contributed by atoms with Gasteiger partial charge in [-0.25, -0.2) is 0 Å². The van der Waals surface area contributed by atoms with Gasteiger partial charge in [-0.3, -0.25) is 0 Å². The van der Waals surface area contributed by atoms with Gasteiger partial charge in [0.05, 0.1) is 23.4 Å². The summed E-state index contributed by atoms with van der Waals surface area (Å²) < 4.78 is 0.921. The average Bonchev–Trinajstić information content (AvgIpc) is 2.62. The highest BCUT2D eigenvalue weighted by Gasteiger charge is 2.54. The van der Waals surface area contributed by atoms with E-state index >= 15 is 0 Å². The maximum absolute atomic E-state index is 9.93. The van der Waals surface area contributed by atoms with E-state index in [1.165, 1.54) is 0 Å². The molecular weight excluding hydrogens is 378 g/mol. The normalized spacial score (nSPS) is 25.2. The number of halogens is 1. The number of hydrogen-bond donors (Lipinski definition) is 1. The minimum absolute atomic E-state index is 0.0694. The summed E-state index contributed by atoms with van der Waals surface area (Å²) >= 11 is 3.42. The van der Waals surface area contributed by atoms with Gasteiger partial charge in [0.1, 0.15) is 6.07 Å². The van der Waals surface area contributed by atoms with Crippen LogP contribution >= 0.6 is 15.9 Å². The molecule has 0 radical (unpaired) electrons. The number of hydrogen-bond acceptors (Lipinski definition) is 5. The number of allylic oxidation sites excluding steroid dienone is 2. The van der Waals surface area contributed by atoms with Crippen LogP contribution < -0.4 is 5.73 Å². The summed E-state index contributed by atoms with van der Waals surface area (Å²) in [6.07, 6.45) is 1.99. The first kappa shape index (κ1) is 17.2. The van der Waals surface area contributed by atoms with Crippen molar-refractivity contribution in [3.63, 3.8) is 0 Å². The van der Waals surface area contributed by atoms with E-state index in [4.69, 9.17) is 5.73 Å². The quantitative estimate of drug-likeness (QED) is 0.790. The van der Waals surface area contributed by atoms with Gasteiger partial charge in [-0.1, -0.05) is 34.1 Å². The fraction of sp³-hybridized carbons (Fsp3) is 0.316.